The van der Waals surface area contributed by atoms with E-state index >= 15 is 0 Å². The lowest BCUT2D eigenvalue weighted by Crippen LogP contribution is -2.36. The number of hydrogen-bond donors (Lipinski definition) is 1. The van der Waals surface area contributed by atoms with Crippen molar-refractivity contribution in [1.82, 2.24) is 19.4 Å². The second kappa shape index (κ2) is 8.80. The zero-order valence-corrected chi connectivity index (χ0v) is 15.9. The van der Waals surface area contributed by atoms with Gasteiger partial charge in [-0.3, -0.25) is 14.7 Å². The number of likely N-dealkylation sites (tertiary alicyclic amines) is 1. The quantitative estimate of drug-likeness (QED) is 0.717. The van der Waals surface area contributed by atoms with E-state index in [0.717, 1.165) is 31.9 Å². The summed E-state index contributed by atoms with van der Waals surface area (Å²) in [5, 5.41) is 2.92. The van der Waals surface area contributed by atoms with Gasteiger partial charge >= 0.3 is 0 Å². The van der Waals surface area contributed by atoms with Crippen molar-refractivity contribution in [2.24, 2.45) is 5.92 Å². The van der Waals surface area contributed by atoms with Gasteiger partial charge in [0.2, 0.25) is 0 Å². The summed E-state index contributed by atoms with van der Waals surface area (Å²) in [6.45, 7) is 4.07. The monoisotopic (exact) mass is 375 g/mol. The summed E-state index contributed by atoms with van der Waals surface area (Å²) in [6, 6.07) is 11.5. The van der Waals surface area contributed by atoms with Crippen LogP contribution in [-0.4, -0.2) is 38.4 Å². The number of carbonyl (C=O) groups excluding carboxylic acids is 1. The Morgan fingerprint density at radius 3 is 2.86 bits per heavy atom. The van der Waals surface area contributed by atoms with E-state index in [2.05, 4.69) is 30.8 Å². The second-order valence-corrected chi connectivity index (χ2v) is 7.39. The van der Waals surface area contributed by atoms with E-state index in [1.807, 2.05) is 36.9 Å². The fraction of sp³-hybridized carbons (Fsp3) is 0.318. The first-order chi connectivity index (χ1) is 13.8. The maximum Gasteiger partial charge on any atom is 0.255 e. The Morgan fingerprint density at radius 2 is 2.04 bits per heavy atom. The molecule has 6 heteroatoms. The summed E-state index contributed by atoms with van der Waals surface area (Å²) in [7, 11) is 0. The third-order valence-corrected chi connectivity index (χ3v) is 5.16. The second-order valence-electron chi connectivity index (χ2n) is 7.39. The molecule has 2 aromatic heterocycles. The number of carbonyl (C=O) groups is 1. The van der Waals surface area contributed by atoms with Crippen molar-refractivity contribution in [2.75, 3.05) is 18.4 Å². The number of pyridine rings is 1. The predicted molar refractivity (Wildman–Crippen MR) is 109 cm³/mol. The molecule has 1 N–H and O–H groups in total. The minimum Gasteiger partial charge on any atom is -0.337 e. The summed E-state index contributed by atoms with van der Waals surface area (Å²) >= 11 is 0. The molecule has 0 spiro atoms. The number of imidazole rings is 1. The van der Waals surface area contributed by atoms with Crippen molar-refractivity contribution >= 4 is 11.6 Å². The molecule has 28 heavy (non-hydrogen) atoms. The maximum absolute atomic E-state index is 12.5. The number of amides is 1. The minimum atomic E-state index is -0.0929. The van der Waals surface area contributed by atoms with Gasteiger partial charge in [0, 0.05) is 55.7 Å². The number of hydrogen-bond acceptors (Lipinski definition) is 4. The average molecular weight is 375 g/mol. The number of benzene rings is 1. The third-order valence-electron chi connectivity index (χ3n) is 5.16. The van der Waals surface area contributed by atoms with Gasteiger partial charge in [0.15, 0.2) is 0 Å². The Labute approximate surface area is 165 Å². The molecule has 1 aromatic carbocycles. The van der Waals surface area contributed by atoms with Crippen LogP contribution in [0.4, 0.5) is 5.69 Å². The molecule has 1 saturated heterocycles. The van der Waals surface area contributed by atoms with Gasteiger partial charge in [-0.25, -0.2) is 4.98 Å². The molecule has 1 aliphatic rings. The van der Waals surface area contributed by atoms with Crippen LogP contribution in [0.25, 0.3) is 0 Å². The standard InChI is InChI=1S/C22H25N5O/c28-22(25-21-6-8-23-9-7-21)20-5-1-3-18(13-20)14-26-11-2-4-19(15-26)16-27-12-10-24-17-27/h1,3,5-10,12-13,17,19H,2,4,11,14-16H2,(H,23,25,28)/t19-/m0/s1. The lowest BCUT2D eigenvalue weighted by Gasteiger charge is -2.33. The first kappa shape index (κ1) is 18.4. The molecular weight excluding hydrogens is 350 g/mol. The highest BCUT2D eigenvalue weighted by Gasteiger charge is 2.20. The van der Waals surface area contributed by atoms with Crippen molar-refractivity contribution in [3.05, 3.63) is 78.6 Å². The van der Waals surface area contributed by atoms with Crippen molar-refractivity contribution in [3.63, 3.8) is 0 Å². The summed E-state index contributed by atoms with van der Waals surface area (Å²) in [5.74, 6) is 0.547. The third kappa shape index (κ3) is 4.84. The first-order valence-corrected chi connectivity index (χ1v) is 9.75. The van der Waals surface area contributed by atoms with Gasteiger partial charge in [-0.05, 0) is 55.1 Å². The summed E-state index contributed by atoms with van der Waals surface area (Å²) < 4.78 is 2.16. The van der Waals surface area contributed by atoms with Gasteiger partial charge in [-0.2, -0.15) is 0 Å². The van der Waals surface area contributed by atoms with Crippen LogP contribution in [0.3, 0.4) is 0 Å². The Balaban J connectivity index is 1.37. The number of nitrogens with one attached hydrogen (secondary N) is 1. The number of aromatic nitrogens is 3. The molecule has 0 aliphatic carbocycles. The molecule has 0 saturated carbocycles. The molecule has 1 aliphatic heterocycles. The predicted octanol–water partition coefficient (Wildman–Crippen LogP) is 3.44. The minimum absolute atomic E-state index is 0.0929. The van der Waals surface area contributed by atoms with Crippen LogP contribution in [0.15, 0.2) is 67.5 Å². The first-order valence-electron chi connectivity index (χ1n) is 9.75. The zero-order chi connectivity index (χ0) is 19.2. The molecule has 144 valence electrons. The topological polar surface area (TPSA) is 63.1 Å². The molecule has 0 bridgehead atoms. The normalized spacial score (nSPS) is 17.4. The number of nitrogens with zero attached hydrogens (tertiary/aromatic N) is 4. The van der Waals surface area contributed by atoms with E-state index in [1.54, 1.807) is 24.5 Å². The fourth-order valence-corrected chi connectivity index (χ4v) is 3.84. The van der Waals surface area contributed by atoms with Gasteiger partial charge < -0.3 is 9.88 Å². The highest BCUT2D eigenvalue weighted by Crippen LogP contribution is 2.21. The number of anilines is 1. The zero-order valence-electron chi connectivity index (χ0n) is 15.9. The lowest BCUT2D eigenvalue weighted by molar-refractivity contribution is 0.102. The van der Waals surface area contributed by atoms with Crippen LogP contribution in [0, 0.1) is 5.92 Å². The van der Waals surface area contributed by atoms with Gasteiger partial charge in [-0.15, -0.1) is 0 Å². The van der Waals surface area contributed by atoms with E-state index in [1.165, 1.54) is 18.4 Å². The van der Waals surface area contributed by atoms with E-state index < -0.39 is 0 Å². The van der Waals surface area contributed by atoms with Crippen molar-refractivity contribution in [3.8, 4) is 0 Å². The molecule has 0 radical (unpaired) electrons. The van der Waals surface area contributed by atoms with E-state index in [0.29, 0.717) is 11.5 Å². The van der Waals surface area contributed by atoms with Crippen LogP contribution < -0.4 is 5.32 Å². The molecular formula is C22H25N5O. The number of piperidine rings is 1. The molecule has 0 unspecified atom stereocenters. The SMILES string of the molecule is O=C(Nc1ccncc1)c1cccc(CN2CCC[C@H](Cn3ccnc3)C2)c1. The van der Waals surface area contributed by atoms with Crippen molar-refractivity contribution in [1.29, 1.82) is 0 Å². The highest BCUT2D eigenvalue weighted by molar-refractivity contribution is 6.04. The Hall–Kier alpha value is -2.99. The maximum atomic E-state index is 12.5. The Morgan fingerprint density at radius 1 is 1.14 bits per heavy atom. The molecule has 1 amide bonds. The van der Waals surface area contributed by atoms with Crippen LogP contribution in [0.1, 0.15) is 28.8 Å². The average Bonchev–Trinajstić information content (AvgIpc) is 3.22. The largest absolute Gasteiger partial charge is 0.337 e. The fourth-order valence-electron chi connectivity index (χ4n) is 3.84. The highest BCUT2D eigenvalue weighted by atomic mass is 16.1. The summed E-state index contributed by atoms with van der Waals surface area (Å²) in [4.78, 5) is 23.1. The van der Waals surface area contributed by atoms with Gasteiger partial charge in [-0.1, -0.05) is 12.1 Å². The van der Waals surface area contributed by atoms with Gasteiger partial charge in [0.1, 0.15) is 0 Å². The van der Waals surface area contributed by atoms with E-state index in [-0.39, 0.29) is 5.91 Å². The van der Waals surface area contributed by atoms with Crippen LogP contribution >= 0.6 is 0 Å². The lowest BCUT2D eigenvalue weighted by atomic mass is 9.97. The van der Waals surface area contributed by atoms with E-state index in [4.69, 9.17) is 0 Å². The summed E-state index contributed by atoms with van der Waals surface area (Å²) in [5.41, 5.74) is 2.61. The van der Waals surface area contributed by atoms with Crippen molar-refractivity contribution < 1.29 is 4.79 Å². The van der Waals surface area contributed by atoms with E-state index in [9.17, 15) is 4.79 Å². The van der Waals surface area contributed by atoms with Gasteiger partial charge in [0.25, 0.3) is 5.91 Å². The molecule has 3 aromatic rings. The number of rotatable bonds is 6. The summed E-state index contributed by atoms with van der Waals surface area (Å²) in [6.07, 6.45) is 11.6. The molecule has 6 nitrogen and oxygen atoms in total. The molecule has 1 fully saturated rings. The van der Waals surface area contributed by atoms with Crippen LogP contribution in [0.2, 0.25) is 0 Å². The Bertz CT molecular complexity index is 894. The van der Waals surface area contributed by atoms with Crippen LogP contribution in [-0.2, 0) is 13.1 Å². The van der Waals surface area contributed by atoms with Crippen LogP contribution in [0.5, 0.6) is 0 Å². The molecule has 4 rings (SSSR count). The molecule has 3 heterocycles. The van der Waals surface area contributed by atoms with Crippen molar-refractivity contribution in [2.45, 2.75) is 25.9 Å². The van der Waals surface area contributed by atoms with Gasteiger partial charge in [0.05, 0.1) is 6.33 Å². The Kier molecular flexibility index (Phi) is 5.77. The smallest absolute Gasteiger partial charge is 0.255 e. The molecule has 1 atom stereocenters.